The molecular formula is C21H24F2N2O3. The van der Waals surface area contributed by atoms with Gasteiger partial charge in [-0.15, -0.1) is 0 Å². The summed E-state index contributed by atoms with van der Waals surface area (Å²) in [4.78, 5) is 24.5. The Hall–Kier alpha value is -2.80. The fourth-order valence-electron chi connectivity index (χ4n) is 3.08. The number of rotatable bonds is 9. The van der Waals surface area contributed by atoms with Crippen LogP contribution in [0.2, 0.25) is 0 Å². The predicted octanol–water partition coefficient (Wildman–Crippen LogP) is 2.82. The molecule has 1 amide bonds. The molecule has 28 heavy (non-hydrogen) atoms. The van der Waals surface area contributed by atoms with E-state index in [0.29, 0.717) is 18.4 Å². The van der Waals surface area contributed by atoms with Gasteiger partial charge in [0.2, 0.25) is 5.91 Å². The third-order valence-electron chi connectivity index (χ3n) is 4.57. The molecule has 0 bridgehead atoms. The molecular weight excluding hydrogens is 366 g/mol. The number of hydrogen-bond donors (Lipinski definition) is 3. The molecule has 2 aromatic carbocycles. The summed E-state index contributed by atoms with van der Waals surface area (Å²) in [6.45, 7) is 1.85. The first-order chi connectivity index (χ1) is 13.2. The SMILES string of the molecule is CCCC(N)(Cc1ccc(F)cc1)C(=O)NC(Cc1ccccc1F)C(=O)O. The number of benzene rings is 2. The van der Waals surface area contributed by atoms with Crippen molar-refractivity contribution < 1.29 is 23.5 Å². The molecule has 0 radical (unpaired) electrons. The highest BCUT2D eigenvalue weighted by Crippen LogP contribution is 2.19. The fraction of sp³-hybridized carbons (Fsp3) is 0.333. The Morgan fingerprint density at radius 3 is 2.36 bits per heavy atom. The molecule has 2 atom stereocenters. The van der Waals surface area contributed by atoms with Gasteiger partial charge in [0.15, 0.2) is 0 Å². The summed E-state index contributed by atoms with van der Waals surface area (Å²) in [6, 6.07) is 10.1. The number of carbonyl (C=O) groups excluding carboxylic acids is 1. The number of nitrogens with two attached hydrogens (primary N) is 1. The van der Waals surface area contributed by atoms with Gasteiger partial charge in [-0.25, -0.2) is 13.6 Å². The Morgan fingerprint density at radius 1 is 1.14 bits per heavy atom. The van der Waals surface area contributed by atoms with Gasteiger partial charge in [0.1, 0.15) is 17.7 Å². The topological polar surface area (TPSA) is 92.4 Å². The average Bonchev–Trinajstić information content (AvgIpc) is 2.64. The molecule has 5 nitrogen and oxygen atoms in total. The minimum Gasteiger partial charge on any atom is -0.480 e. The molecule has 150 valence electrons. The van der Waals surface area contributed by atoms with Crippen LogP contribution in [0.3, 0.4) is 0 Å². The molecule has 2 aromatic rings. The number of carboxylic acid groups (broad SMARTS) is 1. The molecule has 0 saturated heterocycles. The van der Waals surface area contributed by atoms with Gasteiger partial charge < -0.3 is 16.2 Å². The first-order valence-corrected chi connectivity index (χ1v) is 9.05. The first-order valence-electron chi connectivity index (χ1n) is 9.05. The number of aliphatic carboxylic acids is 1. The highest BCUT2D eigenvalue weighted by molar-refractivity contribution is 5.90. The summed E-state index contributed by atoms with van der Waals surface area (Å²) >= 11 is 0. The molecule has 4 N–H and O–H groups in total. The van der Waals surface area contributed by atoms with Crippen LogP contribution >= 0.6 is 0 Å². The lowest BCUT2D eigenvalue weighted by atomic mass is 9.86. The van der Waals surface area contributed by atoms with Crippen LogP contribution in [0.15, 0.2) is 48.5 Å². The Bertz CT molecular complexity index is 827. The van der Waals surface area contributed by atoms with Crippen molar-refractivity contribution >= 4 is 11.9 Å². The van der Waals surface area contributed by atoms with Gasteiger partial charge in [0.05, 0.1) is 5.54 Å². The van der Waals surface area contributed by atoms with E-state index in [4.69, 9.17) is 5.73 Å². The van der Waals surface area contributed by atoms with Crippen LogP contribution < -0.4 is 11.1 Å². The molecule has 0 spiro atoms. The number of nitrogens with one attached hydrogen (secondary N) is 1. The normalized spacial score (nSPS) is 14.1. The summed E-state index contributed by atoms with van der Waals surface area (Å²) in [5.74, 6) is -2.86. The van der Waals surface area contributed by atoms with Gasteiger partial charge in [-0.05, 0) is 42.2 Å². The van der Waals surface area contributed by atoms with Crippen LogP contribution in [0, 0.1) is 11.6 Å². The maximum Gasteiger partial charge on any atom is 0.326 e. The van der Waals surface area contributed by atoms with Crippen LogP contribution in [-0.4, -0.2) is 28.6 Å². The quantitative estimate of drug-likeness (QED) is 0.614. The molecule has 0 aromatic heterocycles. The van der Waals surface area contributed by atoms with Gasteiger partial charge in [-0.1, -0.05) is 43.7 Å². The third-order valence-corrected chi connectivity index (χ3v) is 4.57. The summed E-state index contributed by atoms with van der Waals surface area (Å²) < 4.78 is 27.0. The number of carbonyl (C=O) groups is 2. The zero-order valence-electron chi connectivity index (χ0n) is 15.6. The van der Waals surface area contributed by atoms with Crippen molar-refractivity contribution in [2.24, 2.45) is 5.73 Å². The van der Waals surface area contributed by atoms with Crippen molar-refractivity contribution in [1.29, 1.82) is 0 Å². The van der Waals surface area contributed by atoms with Gasteiger partial charge in [-0.3, -0.25) is 4.79 Å². The van der Waals surface area contributed by atoms with E-state index in [-0.39, 0.29) is 18.4 Å². The van der Waals surface area contributed by atoms with Crippen LogP contribution in [0.4, 0.5) is 8.78 Å². The molecule has 2 unspecified atom stereocenters. The Morgan fingerprint density at radius 2 is 1.79 bits per heavy atom. The van der Waals surface area contributed by atoms with E-state index in [1.165, 1.54) is 42.5 Å². The lowest BCUT2D eigenvalue weighted by Crippen LogP contribution is -2.59. The standard InChI is InChI=1S/C21H24F2N2O3/c1-2-11-21(24,13-14-7-9-16(22)10-8-14)20(28)25-18(19(26)27)12-15-5-3-4-6-17(15)23/h3-10,18H,2,11-13,24H2,1H3,(H,25,28)(H,26,27). The highest BCUT2D eigenvalue weighted by Gasteiger charge is 2.36. The lowest BCUT2D eigenvalue weighted by Gasteiger charge is -2.30. The molecule has 7 heteroatoms. The van der Waals surface area contributed by atoms with Crippen molar-refractivity contribution in [2.45, 2.75) is 44.2 Å². The largest absolute Gasteiger partial charge is 0.480 e. The highest BCUT2D eigenvalue weighted by atomic mass is 19.1. The molecule has 0 fully saturated rings. The van der Waals surface area contributed by atoms with E-state index < -0.39 is 35.1 Å². The maximum absolute atomic E-state index is 13.9. The minimum atomic E-state index is -1.37. The molecule has 0 aliphatic carbocycles. The molecule has 0 heterocycles. The zero-order chi connectivity index (χ0) is 20.7. The van der Waals surface area contributed by atoms with Crippen LogP contribution in [0.1, 0.15) is 30.9 Å². The summed E-state index contributed by atoms with van der Waals surface area (Å²) in [6.07, 6.45) is 0.823. The lowest BCUT2D eigenvalue weighted by molar-refractivity contribution is -0.142. The number of carboxylic acids is 1. The van der Waals surface area contributed by atoms with Crippen LogP contribution in [0.25, 0.3) is 0 Å². The minimum absolute atomic E-state index is 0.124. The monoisotopic (exact) mass is 390 g/mol. The smallest absolute Gasteiger partial charge is 0.326 e. The van der Waals surface area contributed by atoms with Crippen molar-refractivity contribution in [3.63, 3.8) is 0 Å². The number of hydrogen-bond acceptors (Lipinski definition) is 3. The second-order valence-corrected chi connectivity index (χ2v) is 6.87. The summed E-state index contributed by atoms with van der Waals surface area (Å²) in [5.41, 5.74) is 5.80. The van der Waals surface area contributed by atoms with E-state index in [1.54, 1.807) is 6.07 Å². The van der Waals surface area contributed by atoms with Crippen molar-refractivity contribution in [2.75, 3.05) is 0 Å². The van der Waals surface area contributed by atoms with Gasteiger partial charge >= 0.3 is 5.97 Å². The van der Waals surface area contributed by atoms with E-state index >= 15 is 0 Å². The molecule has 2 rings (SSSR count). The predicted molar refractivity (Wildman–Crippen MR) is 102 cm³/mol. The van der Waals surface area contributed by atoms with E-state index in [0.717, 1.165) is 0 Å². The molecule has 0 aliphatic heterocycles. The average molecular weight is 390 g/mol. The number of halogens is 2. The van der Waals surface area contributed by atoms with Gasteiger partial charge in [-0.2, -0.15) is 0 Å². The second-order valence-electron chi connectivity index (χ2n) is 6.87. The van der Waals surface area contributed by atoms with Gasteiger partial charge in [0.25, 0.3) is 0 Å². The van der Waals surface area contributed by atoms with E-state index in [1.807, 2.05) is 6.92 Å². The van der Waals surface area contributed by atoms with Crippen molar-refractivity contribution in [3.05, 3.63) is 71.3 Å². The maximum atomic E-state index is 13.9. The van der Waals surface area contributed by atoms with Crippen LogP contribution in [-0.2, 0) is 22.4 Å². The Labute approximate surface area is 162 Å². The molecule has 0 saturated carbocycles. The van der Waals surface area contributed by atoms with E-state index in [2.05, 4.69) is 5.32 Å². The third kappa shape index (κ3) is 5.60. The van der Waals surface area contributed by atoms with Crippen molar-refractivity contribution in [1.82, 2.24) is 5.32 Å². The summed E-state index contributed by atoms with van der Waals surface area (Å²) in [7, 11) is 0. The number of amides is 1. The zero-order valence-corrected chi connectivity index (χ0v) is 15.6. The summed E-state index contributed by atoms with van der Waals surface area (Å²) in [5, 5.41) is 11.9. The van der Waals surface area contributed by atoms with E-state index in [9.17, 15) is 23.5 Å². The Balaban J connectivity index is 2.18. The van der Waals surface area contributed by atoms with Gasteiger partial charge in [0, 0.05) is 6.42 Å². The molecule has 0 aliphatic rings. The van der Waals surface area contributed by atoms with Crippen LogP contribution in [0.5, 0.6) is 0 Å². The van der Waals surface area contributed by atoms with Crippen molar-refractivity contribution in [3.8, 4) is 0 Å². The first kappa shape index (κ1) is 21.5. The fourth-order valence-corrected chi connectivity index (χ4v) is 3.08. The second kappa shape index (κ2) is 9.41. The Kier molecular flexibility index (Phi) is 7.23.